The molecule has 0 aliphatic carbocycles. The Labute approximate surface area is 356 Å². The second-order valence-electron chi connectivity index (χ2n) is 16.6. The fraction of sp³-hybridized carbons (Fsp3) is 0.740. The maximum absolute atomic E-state index is 12.8. The van der Waals surface area contributed by atoms with Crippen LogP contribution >= 0.6 is 0 Å². The molecular weight excluding hydrogens is 727 g/mol. The molecule has 0 aliphatic heterocycles. The van der Waals surface area contributed by atoms with Crippen LogP contribution in [0.25, 0.3) is 0 Å². The number of hydrogen-bond acceptors (Lipinski definition) is 6. The molecular formula is C50H88NO7+. The number of aliphatic carboxylic acids is 1. The number of carboxylic acid groups (broad SMARTS) is 1. The average molecular weight is 815 g/mol. The monoisotopic (exact) mass is 815 g/mol. The molecule has 0 aromatic heterocycles. The summed E-state index contributed by atoms with van der Waals surface area (Å²) in [5.41, 5.74) is 0. The first kappa shape index (κ1) is 55.0. The van der Waals surface area contributed by atoms with E-state index in [0.717, 1.165) is 83.5 Å². The molecule has 0 spiro atoms. The first-order valence-electron chi connectivity index (χ1n) is 23.3. The van der Waals surface area contributed by atoms with E-state index in [0.29, 0.717) is 19.3 Å². The third-order valence-corrected chi connectivity index (χ3v) is 10.2. The Kier molecular flexibility index (Phi) is 38.7. The Hall–Kier alpha value is -2.97. The molecule has 1 N–H and O–H groups in total. The molecule has 0 saturated carbocycles. The minimum absolute atomic E-state index is 0.0535. The highest BCUT2D eigenvalue weighted by molar-refractivity contribution is 5.72. The van der Waals surface area contributed by atoms with E-state index in [1.165, 1.54) is 70.6 Å². The van der Waals surface area contributed by atoms with Gasteiger partial charge in [0.15, 0.2) is 12.1 Å². The summed E-state index contributed by atoms with van der Waals surface area (Å²) in [4.78, 5) is 37.0. The highest BCUT2D eigenvalue weighted by Gasteiger charge is 2.31. The van der Waals surface area contributed by atoms with Crippen LogP contribution in [0.1, 0.15) is 187 Å². The number of esters is 2. The topological polar surface area (TPSA) is 99.1 Å². The minimum atomic E-state index is -0.879. The van der Waals surface area contributed by atoms with Gasteiger partial charge in [-0.2, -0.15) is 0 Å². The van der Waals surface area contributed by atoms with Gasteiger partial charge in [-0.3, -0.25) is 9.59 Å². The number of likely N-dealkylation sites (N-methyl/N-ethyl adjacent to an activating group) is 1. The van der Waals surface area contributed by atoms with Gasteiger partial charge >= 0.3 is 17.9 Å². The molecule has 334 valence electrons. The number of quaternary nitrogens is 1. The van der Waals surface area contributed by atoms with E-state index >= 15 is 0 Å². The number of nitrogens with zero attached hydrogens (tertiary/aromatic N) is 1. The molecule has 0 aliphatic rings. The number of carbonyl (C=O) groups excluding carboxylic acids is 2. The summed E-state index contributed by atoms with van der Waals surface area (Å²) in [5, 5.41) is 9.63. The summed E-state index contributed by atoms with van der Waals surface area (Å²) >= 11 is 0. The van der Waals surface area contributed by atoms with Crippen molar-refractivity contribution in [3.05, 3.63) is 60.8 Å². The second-order valence-corrected chi connectivity index (χ2v) is 16.6. The lowest BCUT2D eigenvalue weighted by molar-refractivity contribution is -0.887. The van der Waals surface area contributed by atoms with Gasteiger partial charge in [-0.05, 0) is 77.0 Å². The van der Waals surface area contributed by atoms with Gasteiger partial charge in [-0.25, -0.2) is 4.79 Å². The van der Waals surface area contributed by atoms with Gasteiger partial charge in [0, 0.05) is 19.3 Å². The third kappa shape index (κ3) is 38.5. The predicted molar refractivity (Wildman–Crippen MR) is 243 cm³/mol. The SMILES string of the molecule is CC/C=C\C/C=C\C/C=C\C/C=C\CCCCCCCCCCC(=O)OC(COCCC(C(=O)O)[N+](C)(C)C)COC(=O)CCCCCCC/C=C\CCCCCC. The zero-order chi connectivity index (χ0) is 42.8. The smallest absolute Gasteiger partial charge is 0.362 e. The molecule has 2 unspecified atom stereocenters. The van der Waals surface area contributed by atoms with Crippen LogP contribution in [-0.4, -0.2) is 80.6 Å². The largest absolute Gasteiger partial charge is 0.477 e. The zero-order valence-corrected chi connectivity index (χ0v) is 38.0. The van der Waals surface area contributed by atoms with Crippen molar-refractivity contribution in [2.24, 2.45) is 0 Å². The Balaban J connectivity index is 4.31. The molecule has 0 fully saturated rings. The standard InChI is InChI=1S/C50H87NO7/c1-6-8-10-12-14-16-18-20-21-22-23-24-25-26-27-29-31-33-35-37-39-41-49(53)58-46(44-56-43-42-47(50(54)55)51(3,4)5)45-57-48(52)40-38-36-34-32-30-28-19-17-15-13-11-9-7-2/h8,10,14,16-17,19-21,23-24,46-47H,6-7,9,11-13,15,18,22,25-45H2,1-5H3/p+1/b10-8-,16-14-,19-17-,21-20-,24-23-. The predicted octanol–water partition coefficient (Wildman–Crippen LogP) is 13.0. The summed E-state index contributed by atoms with van der Waals surface area (Å²) in [5.74, 6) is -1.49. The average Bonchev–Trinajstić information content (AvgIpc) is 3.18. The maximum Gasteiger partial charge on any atom is 0.362 e. The van der Waals surface area contributed by atoms with E-state index in [1.54, 1.807) is 0 Å². The van der Waals surface area contributed by atoms with Crippen molar-refractivity contribution < 1.29 is 38.2 Å². The number of allylic oxidation sites excluding steroid dienone is 10. The van der Waals surface area contributed by atoms with E-state index in [-0.39, 0.29) is 36.2 Å². The molecule has 0 rings (SSSR count). The summed E-state index contributed by atoms with van der Waals surface area (Å²) in [6.07, 6.45) is 49.7. The number of rotatable bonds is 41. The quantitative estimate of drug-likeness (QED) is 0.0284. The highest BCUT2D eigenvalue weighted by Crippen LogP contribution is 2.14. The molecule has 8 nitrogen and oxygen atoms in total. The molecule has 0 aromatic rings. The van der Waals surface area contributed by atoms with Crippen molar-refractivity contribution in [3.63, 3.8) is 0 Å². The molecule has 0 heterocycles. The number of ether oxygens (including phenoxy) is 3. The highest BCUT2D eigenvalue weighted by atomic mass is 16.6. The normalized spacial score (nSPS) is 13.5. The van der Waals surface area contributed by atoms with Gasteiger partial charge in [0.1, 0.15) is 6.61 Å². The van der Waals surface area contributed by atoms with Gasteiger partial charge in [0.25, 0.3) is 0 Å². The van der Waals surface area contributed by atoms with Crippen LogP contribution in [0.3, 0.4) is 0 Å². The molecule has 2 atom stereocenters. The third-order valence-electron chi connectivity index (χ3n) is 10.2. The fourth-order valence-electron chi connectivity index (χ4n) is 6.55. The number of hydrogen-bond donors (Lipinski definition) is 1. The molecule has 0 bridgehead atoms. The lowest BCUT2D eigenvalue weighted by atomic mass is 10.1. The van der Waals surface area contributed by atoms with Crippen molar-refractivity contribution in [1.29, 1.82) is 0 Å². The molecule has 0 saturated heterocycles. The van der Waals surface area contributed by atoms with Gasteiger partial charge in [-0.15, -0.1) is 0 Å². The molecule has 8 heteroatoms. The van der Waals surface area contributed by atoms with Gasteiger partial charge < -0.3 is 23.8 Å². The van der Waals surface area contributed by atoms with E-state index in [9.17, 15) is 19.5 Å². The Morgan fingerprint density at radius 3 is 1.45 bits per heavy atom. The Morgan fingerprint density at radius 1 is 0.534 bits per heavy atom. The first-order chi connectivity index (χ1) is 28.1. The van der Waals surface area contributed by atoms with Crippen molar-refractivity contribution >= 4 is 17.9 Å². The van der Waals surface area contributed by atoms with Crippen molar-refractivity contribution in [2.45, 2.75) is 199 Å². The Bertz CT molecular complexity index is 1130. The van der Waals surface area contributed by atoms with E-state index in [1.807, 2.05) is 21.1 Å². The van der Waals surface area contributed by atoms with Gasteiger partial charge in [0.2, 0.25) is 0 Å². The summed E-state index contributed by atoms with van der Waals surface area (Å²) in [6, 6.07) is -0.619. The van der Waals surface area contributed by atoms with Crippen molar-refractivity contribution in [3.8, 4) is 0 Å². The summed E-state index contributed by atoms with van der Waals surface area (Å²) in [6.45, 7) is 4.59. The van der Waals surface area contributed by atoms with Crippen LogP contribution in [0.5, 0.6) is 0 Å². The van der Waals surface area contributed by atoms with Crippen LogP contribution in [-0.2, 0) is 28.6 Å². The first-order valence-corrected chi connectivity index (χ1v) is 23.3. The summed E-state index contributed by atoms with van der Waals surface area (Å²) < 4.78 is 17.3. The van der Waals surface area contributed by atoms with E-state index in [2.05, 4.69) is 74.6 Å². The second kappa shape index (κ2) is 40.8. The lowest BCUT2D eigenvalue weighted by Crippen LogP contribution is -2.50. The number of carbonyl (C=O) groups is 3. The maximum atomic E-state index is 12.8. The lowest BCUT2D eigenvalue weighted by Gasteiger charge is -2.31. The van der Waals surface area contributed by atoms with E-state index < -0.39 is 18.1 Å². The van der Waals surface area contributed by atoms with E-state index in [4.69, 9.17) is 14.2 Å². The van der Waals surface area contributed by atoms with Crippen molar-refractivity contribution in [2.75, 3.05) is 41.0 Å². The Morgan fingerprint density at radius 2 is 0.966 bits per heavy atom. The van der Waals surface area contributed by atoms with Crippen LogP contribution in [0, 0.1) is 0 Å². The van der Waals surface area contributed by atoms with Crippen molar-refractivity contribution in [1.82, 2.24) is 0 Å². The number of unbranched alkanes of at least 4 members (excludes halogenated alkanes) is 17. The summed E-state index contributed by atoms with van der Waals surface area (Å²) in [7, 11) is 5.52. The van der Waals surface area contributed by atoms with Crippen LogP contribution < -0.4 is 0 Å². The molecule has 58 heavy (non-hydrogen) atoms. The molecule has 0 aromatic carbocycles. The fourth-order valence-corrected chi connectivity index (χ4v) is 6.55. The van der Waals surface area contributed by atoms with Crippen LogP contribution in [0.4, 0.5) is 0 Å². The zero-order valence-electron chi connectivity index (χ0n) is 38.0. The molecule has 0 radical (unpaired) electrons. The van der Waals surface area contributed by atoms with Crippen LogP contribution in [0.15, 0.2) is 60.8 Å². The van der Waals surface area contributed by atoms with Crippen LogP contribution in [0.2, 0.25) is 0 Å². The van der Waals surface area contributed by atoms with Gasteiger partial charge in [0.05, 0.1) is 34.4 Å². The van der Waals surface area contributed by atoms with Gasteiger partial charge in [-0.1, -0.05) is 152 Å². The number of carboxylic acids is 1. The minimum Gasteiger partial charge on any atom is -0.477 e. The molecule has 0 amide bonds.